The highest BCUT2D eigenvalue weighted by Gasteiger charge is 2.11. The van der Waals surface area contributed by atoms with Crippen LogP contribution in [0.5, 0.6) is 11.5 Å². The fourth-order valence-electron chi connectivity index (χ4n) is 2.94. The molecule has 1 aliphatic rings. The van der Waals surface area contributed by atoms with E-state index < -0.39 is 0 Å². The molecule has 9 heteroatoms. The smallest absolute Gasteiger partial charge is 0.196 e. The van der Waals surface area contributed by atoms with Gasteiger partial charge in [-0.2, -0.15) is 5.10 Å². The molecule has 0 fully saturated rings. The van der Waals surface area contributed by atoms with E-state index in [2.05, 4.69) is 20.7 Å². The molecule has 3 heterocycles. The molecular weight excluding hydrogens is 495 g/mol. The first-order chi connectivity index (χ1) is 14.3. The minimum absolute atomic E-state index is 0. The van der Waals surface area contributed by atoms with E-state index in [4.69, 9.17) is 14.5 Å². The molecule has 4 rings (SSSR count). The van der Waals surface area contributed by atoms with Crippen LogP contribution in [0.2, 0.25) is 0 Å². The normalized spacial score (nSPS) is 13.2. The molecule has 0 radical (unpaired) electrons. The fourth-order valence-corrected chi connectivity index (χ4v) is 2.94. The second kappa shape index (κ2) is 10.8. The number of ether oxygens (including phenoxy) is 2. The molecule has 0 spiro atoms. The van der Waals surface area contributed by atoms with Gasteiger partial charge in [0.25, 0.3) is 0 Å². The van der Waals surface area contributed by atoms with Crippen LogP contribution in [0.1, 0.15) is 18.9 Å². The molecule has 2 aromatic heterocycles. The maximum Gasteiger partial charge on any atom is 0.196 e. The average molecular weight is 520 g/mol. The van der Waals surface area contributed by atoms with E-state index in [1.807, 2.05) is 49.5 Å². The summed E-state index contributed by atoms with van der Waals surface area (Å²) >= 11 is 0. The monoisotopic (exact) mass is 520 g/mol. The molecule has 0 unspecified atom stereocenters. The van der Waals surface area contributed by atoms with Crippen molar-refractivity contribution in [2.75, 3.05) is 25.1 Å². The van der Waals surface area contributed by atoms with Gasteiger partial charge in [-0.15, -0.1) is 24.0 Å². The molecule has 8 nitrogen and oxygen atoms in total. The standard InChI is InChI=1S/C21H24N6O2.HI/c1-2-22-21(26-17-5-6-18-19(14-17)29-12-4-11-28-18)24-15-16-7-9-23-20(13-16)27-10-3-8-25-27;/h3,5-10,13-14H,2,4,11-12,15H2,1H3,(H2,22,24,26);1H. The predicted molar refractivity (Wildman–Crippen MR) is 127 cm³/mol. The zero-order chi connectivity index (χ0) is 19.9. The lowest BCUT2D eigenvalue weighted by molar-refractivity contribution is 0.297. The molecule has 0 saturated carbocycles. The van der Waals surface area contributed by atoms with Crippen molar-refractivity contribution in [2.24, 2.45) is 4.99 Å². The molecule has 2 N–H and O–H groups in total. The van der Waals surface area contributed by atoms with Crippen LogP contribution in [0, 0.1) is 0 Å². The quantitative estimate of drug-likeness (QED) is 0.304. The Hall–Kier alpha value is -2.82. The van der Waals surface area contributed by atoms with Gasteiger partial charge in [0.1, 0.15) is 0 Å². The van der Waals surface area contributed by atoms with Gasteiger partial charge in [0.05, 0.1) is 19.8 Å². The van der Waals surface area contributed by atoms with Crippen molar-refractivity contribution in [3.63, 3.8) is 0 Å². The minimum Gasteiger partial charge on any atom is -0.490 e. The Balaban J connectivity index is 0.00000256. The van der Waals surface area contributed by atoms with E-state index in [-0.39, 0.29) is 24.0 Å². The van der Waals surface area contributed by atoms with Crippen LogP contribution < -0.4 is 20.1 Å². The van der Waals surface area contributed by atoms with Crippen molar-refractivity contribution in [1.29, 1.82) is 0 Å². The van der Waals surface area contributed by atoms with Gasteiger partial charge in [0, 0.05) is 43.3 Å². The van der Waals surface area contributed by atoms with E-state index in [9.17, 15) is 0 Å². The van der Waals surface area contributed by atoms with Gasteiger partial charge < -0.3 is 20.1 Å². The van der Waals surface area contributed by atoms with Crippen LogP contribution in [0.4, 0.5) is 5.69 Å². The first-order valence-electron chi connectivity index (χ1n) is 9.72. The molecule has 0 amide bonds. The second-order valence-electron chi connectivity index (χ2n) is 6.51. The highest BCUT2D eigenvalue weighted by atomic mass is 127. The van der Waals surface area contributed by atoms with E-state index in [1.165, 1.54) is 0 Å². The molecule has 0 saturated heterocycles. The summed E-state index contributed by atoms with van der Waals surface area (Å²) < 4.78 is 13.2. The van der Waals surface area contributed by atoms with Crippen LogP contribution >= 0.6 is 24.0 Å². The van der Waals surface area contributed by atoms with Crippen molar-refractivity contribution in [3.8, 4) is 17.3 Å². The Morgan fingerprint density at radius 1 is 1.13 bits per heavy atom. The Morgan fingerprint density at radius 2 is 2.00 bits per heavy atom. The number of halogens is 1. The van der Waals surface area contributed by atoms with Crippen LogP contribution in [-0.4, -0.2) is 40.5 Å². The van der Waals surface area contributed by atoms with Crippen molar-refractivity contribution in [1.82, 2.24) is 20.1 Å². The van der Waals surface area contributed by atoms with Gasteiger partial charge in [0.15, 0.2) is 23.3 Å². The number of pyridine rings is 1. The summed E-state index contributed by atoms with van der Waals surface area (Å²) in [6.45, 7) is 4.64. The van der Waals surface area contributed by atoms with Crippen LogP contribution in [0.25, 0.3) is 5.82 Å². The van der Waals surface area contributed by atoms with Gasteiger partial charge in [-0.3, -0.25) is 0 Å². The molecule has 1 aliphatic heterocycles. The number of nitrogens with zero attached hydrogens (tertiary/aromatic N) is 4. The molecule has 158 valence electrons. The van der Waals surface area contributed by atoms with Crippen molar-refractivity contribution in [2.45, 2.75) is 19.9 Å². The van der Waals surface area contributed by atoms with Crippen LogP contribution in [0.15, 0.2) is 60.0 Å². The predicted octanol–water partition coefficient (Wildman–Crippen LogP) is 3.62. The third kappa shape index (κ3) is 5.62. The summed E-state index contributed by atoms with van der Waals surface area (Å²) in [5.41, 5.74) is 1.93. The molecule has 30 heavy (non-hydrogen) atoms. The van der Waals surface area contributed by atoms with Crippen LogP contribution in [-0.2, 0) is 6.54 Å². The highest BCUT2D eigenvalue weighted by Crippen LogP contribution is 2.32. The van der Waals surface area contributed by atoms with Gasteiger partial charge in [0.2, 0.25) is 0 Å². The Labute approximate surface area is 192 Å². The second-order valence-corrected chi connectivity index (χ2v) is 6.51. The number of rotatable bonds is 5. The van der Waals surface area contributed by atoms with E-state index in [0.717, 1.165) is 41.5 Å². The number of anilines is 1. The Morgan fingerprint density at radius 3 is 2.80 bits per heavy atom. The third-order valence-electron chi connectivity index (χ3n) is 4.32. The Bertz CT molecular complexity index is 977. The van der Waals surface area contributed by atoms with Crippen molar-refractivity contribution >= 4 is 35.6 Å². The number of hydrogen-bond donors (Lipinski definition) is 2. The fraction of sp³-hybridized carbons (Fsp3) is 0.286. The maximum atomic E-state index is 5.77. The van der Waals surface area contributed by atoms with Crippen molar-refractivity contribution in [3.05, 3.63) is 60.6 Å². The van der Waals surface area contributed by atoms with Gasteiger partial charge in [-0.25, -0.2) is 14.7 Å². The first kappa shape index (κ1) is 21.9. The van der Waals surface area contributed by atoms with E-state index >= 15 is 0 Å². The number of fused-ring (bicyclic) bond motifs is 1. The summed E-state index contributed by atoms with van der Waals surface area (Å²) in [6.07, 6.45) is 6.25. The number of guanidine groups is 1. The number of aromatic nitrogens is 3. The number of aliphatic imine (C=N–C) groups is 1. The van der Waals surface area contributed by atoms with E-state index in [1.54, 1.807) is 17.1 Å². The lowest BCUT2D eigenvalue weighted by Crippen LogP contribution is -2.30. The molecular formula is C21H25IN6O2. The van der Waals surface area contributed by atoms with Gasteiger partial charge >= 0.3 is 0 Å². The SMILES string of the molecule is CCNC(=NCc1ccnc(-n2cccn2)c1)Nc1ccc2c(c1)OCCCO2.I. The number of nitrogens with one attached hydrogen (secondary N) is 2. The third-order valence-corrected chi connectivity index (χ3v) is 4.32. The molecule has 0 aliphatic carbocycles. The summed E-state index contributed by atoms with van der Waals surface area (Å²) in [6, 6.07) is 11.6. The first-order valence-corrected chi connectivity index (χ1v) is 9.72. The minimum atomic E-state index is 0. The Kier molecular flexibility index (Phi) is 7.89. The number of benzene rings is 1. The number of hydrogen-bond acceptors (Lipinski definition) is 5. The topological polar surface area (TPSA) is 85.6 Å². The largest absolute Gasteiger partial charge is 0.490 e. The summed E-state index contributed by atoms with van der Waals surface area (Å²) in [5, 5.41) is 10.8. The lowest BCUT2D eigenvalue weighted by atomic mass is 10.2. The van der Waals surface area contributed by atoms with E-state index in [0.29, 0.717) is 25.7 Å². The zero-order valence-corrected chi connectivity index (χ0v) is 19.1. The van der Waals surface area contributed by atoms with Gasteiger partial charge in [-0.1, -0.05) is 0 Å². The molecule has 0 bridgehead atoms. The zero-order valence-electron chi connectivity index (χ0n) is 16.7. The molecule has 3 aromatic rings. The average Bonchev–Trinajstić information content (AvgIpc) is 3.19. The van der Waals surface area contributed by atoms with Crippen molar-refractivity contribution < 1.29 is 9.47 Å². The maximum absolute atomic E-state index is 5.77. The highest BCUT2D eigenvalue weighted by molar-refractivity contribution is 14.0. The molecule has 0 atom stereocenters. The van der Waals surface area contributed by atoms with Gasteiger partial charge in [-0.05, 0) is 42.8 Å². The summed E-state index contributed by atoms with van der Waals surface area (Å²) in [7, 11) is 0. The summed E-state index contributed by atoms with van der Waals surface area (Å²) in [5.74, 6) is 2.99. The molecule has 1 aromatic carbocycles. The summed E-state index contributed by atoms with van der Waals surface area (Å²) in [4.78, 5) is 9.05. The van der Waals surface area contributed by atoms with Crippen LogP contribution in [0.3, 0.4) is 0 Å². The lowest BCUT2D eigenvalue weighted by Gasteiger charge is -2.14.